The molecule has 7 nitrogen and oxygen atoms in total. The predicted molar refractivity (Wildman–Crippen MR) is 125 cm³/mol. The molecule has 34 heavy (non-hydrogen) atoms. The number of rotatable bonds is 5. The fourth-order valence-corrected chi connectivity index (χ4v) is 4.13. The van der Waals surface area contributed by atoms with Crippen molar-refractivity contribution >= 4 is 35.0 Å². The Morgan fingerprint density at radius 3 is 2.35 bits per heavy atom. The molecule has 8 heteroatoms. The van der Waals surface area contributed by atoms with Crippen LogP contribution in [0.1, 0.15) is 33.1 Å². The second-order valence-electron chi connectivity index (χ2n) is 7.72. The number of hydrogen-bond acceptors (Lipinski definition) is 6. The monoisotopic (exact) mass is 477 g/mol. The Bertz CT molecular complexity index is 1310. The third kappa shape index (κ3) is 4.38. The summed E-state index contributed by atoms with van der Waals surface area (Å²) >= 11 is 6.05. The first-order valence-electron chi connectivity index (χ1n) is 10.3. The van der Waals surface area contributed by atoms with E-state index >= 15 is 0 Å². The van der Waals surface area contributed by atoms with Gasteiger partial charge in [0.1, 0.15) is 11.5 Å². The van der Waals surface area contributed by atoms with Crippen molar-refractivity contribution in [2.75, 3.05) is 7.11 Å². The van der Waals surface area contributed by atoms with Crippen LogP contribution in [0.25, 0.3) is 5.76 Å². The zero-order valence-electron chi connectivity index (χ0n) is 18.1. The molecule has 0 aliphatic carbocycles. The molecule has 0 aromatic heterocycles. The summed E-state index contributed by atoms with van der Waals surface area (Å²) in [6.07, 6.45) is 0. The molecule has 1 heterocycles. The van der Waals surface area contributed by atoms with Crippen LogP contribution in [0.15, 0.2) is 78.4 Å². The van der Waals surface area contributed by atoms with Crippen molar-refractivity contribution < 1.29 is 29.3 Å². The van der Waals surface area contributed by atoms with Crippen molar-refractivity contribution in [1.82, 2.24) is 4.90 Å². The van der Waals surface area contributed by atoms with Gasteiger partial charge in [-0.3, -0.25) is 9.59 Å². The lowest BCUT2D eigenvalue weighted by atomic mass is 9.95. The van der Waals surface area contributed by atoms with E-state index in [-0.39, 0.29) is 29.2 Å². The van der Waals surface area contributed by atoms with Gasteiger partial charge >= 0.3 is 5.97 Å². The smallest absolute Gasteiger partial charge is 0.337 e. The molecule has 1 saturated heterocycles. The summed E-state index contributed by atoms with van der Waals surface area (Å²) in [7, 11) is 1.28. The molecule has 0 radical (unpaired) electrons. The number of aromatic hydroxyl groups is 1. The molecule has 1 aliphatic heterocycles. The standard InChI is InChI=1S/C26H20ClNO6/c1-34-26(33)16-10-8-15(9-11-16)14-28-22(17-4-3-7-20(29)13-17)21(24(31)25(28)32)23(30)18-5-2-6-19(27)12-18/h2-13,22,29-30H,14H2,1H3/b23-21+. The van der Waals surface area contributed by atoms with Gasteiger partial charge in [-0.1, -0.05) is 48.0 Å². The van der Waals surface area contributed by atoms with Gasteiger partial charge in [-0.25, -0.2) is 4.79 Å². The number of amides is 1. The number of phenolic OH excluding ortho intramolecular Hbond substituents is 1. The number of nitrogens with zero attached hydrogens (tertiary/aromatic N) is 1. The number of esters is 1. The lowest BCUT2D eigenvalue weighted by molar-refractivity contribution is -0.140. The number of likely N-dealkylation sites (tertiary alicyclic amines) is 1. The Labute approximate surface area is 200 Å². The van der Waals surface area contributed by atoms with Crippen LogP contribution < -0.4 is 0 Å². The molecule has 1 amide bonds. The molecule has 172 valence electrons. The topological polar surface area (TPSA) is 104 Å². The van der Waals surface area contributed by atoms with Crippen LogP contribution in [0.4, 0.5) is 0 Å². The zero-order valence-corrected chi connectivity index (χ0v) is 18.8. The Morgan fingerprint density at radius 2 is 1.71 bits per heavy atom. The summed E-state index contributed by atoms with van der Waals surface area (Å²) in [5.41, 5.74) is 1.64. The van der Waals surface area contributed by atoms with Crippen LogP contribution in [-0.4, -0.2) is 39.9 Å². The maximum Gasteiger partial charge on any atom is 0.337 e. The van der Waals surface area contributed by atoms with E-state index in [0.29, 0.717) is 21.7 Å². The predicted octanol–water partition coefficient (Wildman–Crippen LogP) is 4.45. The van der Waals surface area contributed by atoms with E-state index in [1.807, 2.05) is 0 Å². The van der Waals surface area contributed by atoms with Crippen molar-refractivity contribution in [3.63, 3.8) is 0 Å². The number of ketones is 1. The Morgan fingerprint density at radius 1 is 1.00 bits per heavy atom. The van der Waals surface area contributed by atoms with Gasteiger partial charge in [0, 0.05) is 17.1 Å². The van der Waals surface area contributed by atoms with Gasteiger partial charge in [0.25, 0.3) is 11.7 Å². The molecule has 1 aliphatic rings. The van der Waals surface area contributed by atoms with Crippen molar-refractivity contribution in [2.24, 2.45) is 0 Å². The number of methoxy groups -OCH3 is 1. The highest BCUT2D eigenvalue weighted by Gasteiger charge is 2.46. The molecule has 0 bridgehead atoms. The zero-order chi connectivity index (χ0) is 24.4. The second-order valence-corrected chi connectivity index (χ2v) is 8.16. The minimum Gasteiger partial charge on any atom is -0.508 e. The molecule has 0 saturated carbocycles. The van der Waals surface area contributed by atoms with E-state index < -0.39 is 23.7 Å². The summed E-state index contributed by atoms with van der Waals surface area (Å²) < 4.78 is 4.70. The minimum absolute atomic E-state index is 0.0265. The molecule has 1 unspecified atom stereocenters. The summed E-state index contributed by atoms with van der Waals surface area (Å²) in [5, 5.41) is 21.4. The molecule has 2 N–H and O–H groups in total. The average Bonchev–Trinajstić information content (AvgIpc) is 3.08. The first-order chi connectivity index (χ1) is 16.3. The number of phenols is 1. The van der Waals surface area contributed by atoms with Crippen LogP contribution in [0.5, 0.6) is 5.75 Å². The molecule has 0 spiro atoms. The normalized spacial score (nSPS) is 17.1. The second kappa shape index (κ2) is 9.41. The van der Waals surface area contributed by atoms with Gasteiger partial charge in [-0.2, -0.15) is 0 Å². The first kappa shape index (κ1) is 23.1. The highest BCUT2D eigenvalue weighted by Crippen LogP contribution is 2.41. The average molecular weight is 478 g/mol. The van der Waals surface area contributed by atoms with Gasteiger partial charge in [-0.05, 0) is 47.5 Å². The molecular weight excluding hydrogens is 458 g/mol. The maximum atomic E-state index is 13.1. The molecule has 3 aromatic rings. The lowest BCUT2D eigenvalue weighted by Crippen LogP contribution is -2.29. The van der Waals surface area contributed by atoms with E-state index in [2.05, 4.69) is 0 Å². The van der Waals surface area contributed by atoms with E-state index in [9.17, 15) is 24.6 Å². The van der Waals surface area contributed by atoms with E-state index in [4.69, 9.17) is 16.3 Å². The van der Waals surface area contributed by atoms with Crippen LogP contribution in [0, 0.1) is 0 Å². The molecule has 1 atom stereocenters. The van der Waals surface area contributed by atoms with Crippen LogP contribution in [-0.2, 0) is 20.9 Å². The van der Waals surface area contributed by atoms with Gasteiger partial charge in [0.05, 0.1) is 24.3 Å². The number of hydrogen-bond donors (Lipinski definition) is 2. The highest BCUT2D eigenvalue weighted by molar-refractivity contribution is 6.46. The lowest BCUT2D eigenvalue weighted by Gasteiger charge is -2.25. The third-order valence-corrected chi connectivity index (χ3v) is 5.79. The summed E-state index contributed by atoms with van der Waals surface area (Å²) in [4.78, 5) is 39.2. The van der Waals surface area contributed by atoms with Crippen LogP contribution in [0.2, 0.25) is 5.02 Å². The number of Topliss-reactive ketones (excluding diaryl/α,β-unsaturated/α-hetero) is 1. The molecule has 4 rings (SSSR count). The van der Waals surface area contributed by atoms with E-state index in [1.54, 1.807) is 54.6 Å². The van der Waals surface area contributed by atoms with E-state index in [0.717, 1.165) is 0 Å². The Balaban J connectivity index is 1.80. The first-order valence-corrected chi connectivity index (χ1v) is 10.7. The number of aliphatic hydroxyl groups is 1. The van der Waals surface area contributed by atoms with Crippen LogP contribution in [0.3, 0.4) is 0 Å². The maximum absolute atomic E-state index is 13.1. The van der Waals surface area contributed by atoms with Gasteiger partial charge < -0.3 is 19.8 Å². The molecular formula is C26H20ClNO6. The Hall–Kier alpha value is -4.10. The van der Waals surface area contributed by atoms with Crippen molar-refractivity contribution in [2.45, 2.75) is 12.6 Å². The SMILES string of the molecule is COC(=O)c1ccc(CN2C(=O)C(=O)/C(=C(/O)c3cccc(Cl)c3)C2c2cccc(O)c2)cc1. The van der Waals surface area contributed by atoms with E-state index in [1.165, 1.54) is 30.2 Å². The van der Waals surface area contributed by atoms with Crippen molar-refractivity contribution in [3.8, 4) is 5.75 Å². The third-order valence-electron chi connectivity index (χ3n) is 5.55. The molecule has 1 fully saturated rings. The fraction of sp³-hybridized carbons (Fsp3) is 0.115. The molecule has 3 aromatic carbocycles. The summed E-state index contributed by atoms with van der Waals surface area (Å²) in [5.74, 6) is -2.55. The van der Waals surface area contributed by atoms with Crippen molar-refractivity contribution in [1.29, 1.82) is 0 Å². The Kier molecular flexibility index (Phi) is 6.38. The van der Waals surface area contributed by atoms with Gasteiger partial charge in [-0.15, -0.1) is 0 Å². The quantitative estimate of drug-likeness (QED) is 0.243. The summed E-state index contributed by atoms with van der Waals surface area (Å²) in [6.45, 7) is 0.0265. The number of benzene rings is 3. The number of carbonyl (C=O) groups excluding carboxylic acids is 3. The number of carbonyl (C=O) groups is 3. The number of aliphatic hydroxyl groups excluding tert-OH is 1. The minimum atomic E-state index is -0.952. The van der Waals surface area contributed by atoms with Gasteiger partial charge in [0.2, 0.25) is 0 Å². The number of halogens is 1. The summed E-state index contributed by atoms with van der Waals surface area (Å²) in [6, 6.07) is 18.0. The van der Waals surface area contributed by atoms with Crippen molar-refractivity contribution in [3.05, 3.63) is 106 Å². The number of ether oxygens (including phenoxy) is 1. The van der Waals surface area contributed by atoms with Crippen LogP contribution >= 0.6 is 11.6 Å². The highest BCUT2D eigenvalue weighted by atomic mass is 35.5. The van der Waals surface area contributed by atoms with Gasteiger partial charge in [0.15, 0.2) is 0 Å². The largest absolute Gasteiger partial charge is 0.508 e. The fourth-order valence-electron chi connectivity index (χ4n) is 3.94.